The van der Waals surface area contributed by atoms with Crippen LogP contribution in [0.1, 0.15) is 10.4 Å². The average Bonchev–Trinajstić information content (AvgIpc) is 3.17. The summed E-state index contributed by atoms with van der Waals surface area (Å²) < 4.78 is 2.67. The fraction of sp³-hybridized carbons (Fsp3) is 0.100. The molecule has 0 saturated carbocycles. The highest BCUT2D eigenvalue weighted by Gasteiger charge is 2.13. The quantitative estimate of drug-likeness (QED) is 0.299. The van der Waals surface area contributed by atoms with Gasteiger partial charge in [-0.05, 0) is 35.2 Å². The number of fused-ring (bicyclic) bond motifs is 1. The van der Waals surface area contributed by atoms with E-state index in [0.29, 0.717) is 11.9 Å². The van der Waals surface area contributed by atoms with Crippen molar-refractivity contribution in [3.8, 4) is 0 Å². The maximum Gasteiger partial charge on any atom is 0.262 e. The van der Waals surface area contributed by atoms with Crippen molar-refractivity contribution in [2.24, 2.45) is 0 Å². The Bertz CT molecular complexity index is 1090. The van der Waals surface area contributed by atoms with Gasteiger partial charge in [-0.1, -0.05) is 64.1 Å². The number of aromatic nitrogens is 2. The lowest BCUT2D eigenvalue weighted by Crippen LogP contribution is -2.23. The third kappa shape index (κ3) is 3.77. The Hall–Kier alpha value is -1.89. The van der Waals surface area contributed by atoms with E-state index in [1.165, 1.54) is 5.56 Å². The van der Waals surface area contributed by atoms with E-state index in [1.807, 2.05) is 53.9 Å². The Morgan fingerprint density at radius 3 is 2.69 bits per heavy atom. The molecule has 0 unspecified atom stereocenters. The molecule has 2 heterocycles. The second-order valence-corrected chi connectivity index (χ2v) is 8.69. The highest BCUT2D eigenvalue weighted by molar-refractivity contribution is 9.10. The molecule has 4 aromatic rings. The Labute approximate surface area is 167 Å². The molecule has 0 amide bonds. The van der Waals surface area contributed by atoms with Gasteiger partial charge in [0.15, 0.2) is 5.16 Å². The van der Waals surface area contributed by atoms with Crippen molar-refractivity contribution in [3.63, 3.8) is 0 Å². The molecule has 0 aliphatic rings. The minimum Gasteiger partial charge on any atom is -0.282 e. The first-order chi connectivity index (χ1) is 12.7. The van der Waals surface area contributed by atoms with Crippen LogP contribution in [-0.2, 0) is 12.3 Å². The van der Waals surface area contributed by atoms with Gasteiger partial charge in [0.05, 0.1) is 17.4 Å². The van der Waals surface area contributed by atoms with Gasteiger partial charge in [-0.15, -0.1) is 11.3 Å². The van der Waals surface area contributed by atoms with Crippen LogP contribution in [0.15, 0.2) is 80.5 Å². The van der Waals surface area contributed by atoms with Gasteiger partial charge in [0.2, 0.25) is 0 Å². The fourth-order valence-electron chi connectivity index (χ4n) is 2.70. The van der Waals surface area contributed by atoms with Crippen molar-refractivity contribution < 1.29 is 0 Å². The Kier molecular flexibility index (Phi) is 5.24. The molecule has 130 valence electrons. The van der Waals surface area contributed by atoms with Crippen molar-refractivity contribution in [1.82, 2.24) is 9.55 Å². The zero-order chi connectivity index (χ0) is 17.9. The van der Waals surface area contributed by atoms with Crippen LogP contribution in [0.5, 0.6) is 0 Å². The van der Waals surface area contributed by atoms with E-state index in [0.717, 1.165) is 25.8 Å². The van der Waals surface area contributed by atoms with Gasteiger partial charge in [-0.3, -0.25) is 9.36 Å². The molecule has 2 aromatic heterocycles. The lowest BCUT2D eigenvalue weighted by atomic mass is 10.2. The lowest BCUT2D eigenvalue weighted by Gasteiger charge is -2.12. The van der Waals surface area contributed by atoms with Gasteiger partial charge in [-0.2, -0.15) is 0 Å². The average molecular weight is 443 g/mol. The number of halogens is 1. The highest BCUT2D eigenvalue weighted by Crippen LogP contribution is 2.24. The minimum atomic E-state index is 0.000242. The molecule has 0 spiro atoms. The lowest BCUT2D eigenvalue weighted by molar-refractivity contribution is 0.664. The molecule has 0 radical (unpaired) electrons. The molecule has 6 heteroatoms. The molecule has 0 aliphatic heterocycles. The summed E-state index contributed by atoms with van der Waals surface area (Å²) in [4.78, 5) is 19.1. The number of thiophene rings is 1. The zero-order valence-corrected chi connectivity index (χ0v) is 17.0. The summed E-state index contributed by atoms with van der Waals surface area (Å²) in [5, 5.41) is 3.42. The number of hydrogen-bond acceptors (Lipinski definition) is 4. The molecule has 26 heavy (non-hydrogen) atoms. The molecule has 0 saturated heterocycles. The van der Waals surface area contributed by atoms with Crippen molar-refractivity contribution >= 4 is 49.9 Å². The van der Waals surface area contributed by atoms with Crippen LogP contribution >= 0.6 is 39.0 Å². The maximum absolute atomic E-state index is 13.1. The maximum atomic E-state index is 13.1. The standard InChI is InChI=1S/C20H15BrN2OS2/c21-15-8-9-18-17(11-15)19(24)23(12-16-7-4-10-25-16)20(22-18)26-13-14-5-2-1-3-6-14/h1-11H,12-13H2. The topological polar surface area (TPSA) is 34.9 Å². The van der Waals surface area contributed by atoms with E-state index in [9.17, 15) is 4.79 Å². The van der Waals surface area contributed by atoms with Crippen LogP contribution in [0.3, 0.4) is 0 Å². The summed E-state index contributed by atoms with van der Waals surface area (Å²) in [7, 11) is 0. The van der Waals surface area contributed by atoms with E-state index < -0.39 is 0 Å². The van der Waals surface area contributed by atoms with Crippen LogP contribution in [0.25, 0.3) is 10.9 Å². The predicted molar refractivity (Wildman–Crippen MR) is 113 cm³/mol. The van der Waals surface area contributed by atoms with Crippen LogP contribution in [0, 0.1) is 0 Å². The van der Waals surface area contributed by atoms with E-state index in [1.54, 1.807) is 27.7 Å². The smallest absolute Gasteiger partial charge is 0.262 e. The fourth-order valence-corrected chi connectivity index (χ4v) is 4.71. The van der Waals surface area contributed by atoms with Gasteiger partial charge in [0, 0.05) is 15.1 Å². The number of hydrogen-bond donors (Lipinski definition) is 0. The summed E-state index contributed by atoms with van der Waals surface area (Å²) in [5.74, 6) is 0.778. The van der Waals surface area contributed by atoms with Gasteiger partial charge in [0.25, 0.3) is 5.56 Å². The van der Waals surface area contributed by atoms with Gasteiger partial charge in [0.1, 0.15) is 0 Å². The van der Waals surface area contributed by atoms with E-state index in [-0.39, 0.29) is 5.56 Å². The second-order valence-electron chi connectivity index (χ2n) is 5.80. The molecule has 0 fully saturated rings. The number of benzene rings is 2. The minimum absolute atomic E-state index is 0.000242. The largest absolute Gasteiger partial charge is 0.282 e. The van der Waals surface area contributed by atoms with Crippen LogP contribution in [0.2, 0.25) is 0 Å². The number of rotatable bonds is 5. The SMILES string of the molecule is O=c1c2cc(Br)ccc2nc(SCc2ccccc2)n1Cc1cccs1. The van der Waals surface area contributed by atoms with Gasteiger partial charge >= 0.3 is 0 Å². The van der Waals surface area contributed by atoms with Crippen molar-refractivity contribution in [1.29, 1.82) is 0 Å². The third-order valence-electron chi connectivity index (χ3n) is 3.99. The molecule has 0 aliphatic carbocycles. The van der Waals surface area contributed by atoms with Crippen LogP contribution < -0.4 is 5.56 Å². The summed E-state index contributed by atoms with van der Waals surface area (Å²) in [5.41, 5.74) is 1.95. The molecular formula is C20H15BrN2OS2. The molecule has 4 rings (SSSR count). The number of nitrogens with zero attached hydrogens (tertiary/aromatic N) is 2. The highest BCUT2D eigenvalue weighted by atomic mass is 79.9. The molecule has 3 nitrogen and oxygen atoms in total. The van der Waals surface area contributed by atoms with Crippen molar-refractivity contribution in [2.75, 3.05) is 0 Å². The summed E-state index contributed by atoms with van der Waals surface area (Å²) in [6, 6.07) is 20.0. The number of thioether (sulfide) groups is 1. The van der Waals surface area contributed by atoms with Crippen molar-refractivity contribution in [3.05, 3.63) is 91.3 Å². The zero-order valence-electron chi connectivity index (χ0n) is 13.8. The Morgan fingerprint density at radius 1 is 1.08 bits per heavy atom. The molecule has 0 N–H and O–H groups in total. The van der Waals surface area contributed by atoms with Gasteiger partial charge in [-0.25, -0.2) is 4.98 Å². The molecule has 0 bridgehead atoms. The Balaban J connectivity index is 1.78. The summed E-state index contributed by atoms with van der Waals surface area (Å²) >= 11 is 6.70. The first-order valence-electron chi connectivity index (χ1n) is 8.10. The third-order valence-corrected chi connectivity index (χ3v) is 6.39. The van der Waals surface area contributed by atoms with Crippen LogP contribution in [0.4, 0.5) is 0 Å². The molecule has 2 aromatic carbocycles. The molecular weight excluding hydrogens is 428 g/mol. The Morgan fingerprint density at radius 2 is 1.92 bits per heavy atom. The summed E-state index contributed by atoms with van der Waals surface area (Å²) in [6.07, 6.45) is 0. The monoisotopic (exact) mass is 442 g/mol. The second kappa shape index (κ2) is 7.78. The van der Waals surface area contributed by atoms with Crippen LogP contribution in [-0.4, -0.2) is 9.55 Å². The van der Waals surface area contributed by atoms with Crippen molar-refractivity contribution in [2.45, 2.75) is 17.5 Å². The van der Waals surface area contributed by atoms with Gasteiger partial charge < -0.3 is 0 Å². The van der Waals surface area contributed by atoms with E-state index in [2.05, 4.69) is 28.1 Å². The first-order valence-corrected chi connectivity index (χ1v) is 10.8. The predicted octanol–water partition coefficient (Wildman–Crippen LogP) is 5.56. The molecule has 0 atom stereocenters. The normalized spacial score (nSPS) is 11.1. The van der Waals surface area contributed by atoms with E-state index >= 15 is 0 Å². The first kappa shape index (κ1) is 17.5. The van der Waals surface area contributed by atoms with E-state index in [4.69, 9.17) is 4.98 Å². The summed E-state index contributed by atoms with van der Waals surface area (Å²) in [6.45, 7) is 0.545.